The summed E-state index contributed by atoms with van der Waals surface area (Å²) in [6.07, 6.45) is -4.66. The average Bonchev–Trinajstić information content (AvgIpc) is 2.40. The minimum Gasteiger partial charge on any atom is -0.496 e. The van der Waals surface area contributed by atoms with Crippen LogP contribution < -0.4 is 10.5 Å². The molecule has 2 rings (SSSR count). The number of ether oxygens (including phenoxy) is 1. The maximum absolute atomic E-state index is 12.8. The normalized spacial score (nSPS) is 11.5. The lowest BCUT2D eigenvalue weighted by Gasteiger charge is -2.14. The molecule has 112 valence electrons. The molecular formula is C14H14F3N3O. The maximum atomic E-state index is 12.8. The number of hydrogen-bond acceptors (Lipinski definition) is 4. The van der Waals surface area contributed by atoms with Crippen LogP contribution in [0.15, 0.2) is 18.2 Å². The Morgan fingerprint density at radius 1 is 1.14 bits per heavy atom. The van der Waals surface area contributed by atoms with Gasteiger partial charge < -0.3 is 10.5 Å². The van der Waals surface area contributed by atoms with Crippen molar-refractivity contribution in [3.8, 4) is 17.0 Å². The molecule has 0 spiro atoms. The van der Waals surface area contributed by atoms with Crippen LogP contribution in [-0.2, 0) is 6.18 Å². The lowest BCUT2D eigenvalue weighted by atomic mass is 10.0. The fourth-order valence-electron chi connectivity index (χ4n) is 1.99. The standard InChI is InChI=1S/C14H14F3N3O/c1-7-4-5-9(12(21-3)8(7)2)10-6-11(18)20-13(19-10)14(15,16)17/h4-6H,1-3H3,(H2,18,19,20). The Kier molecular flexibility index (Phi) is 3.76. The van der Waals surface area contributed by atoms with Crippen LogP contribution in [-0.4, -0.2) is 17.1 Å². The van der Waals surface area contributed by atoms with Crippen LogP contribution in [0.25, 0.3) is 11.3 Å². The number of nitrogens with two attached hydrogens (primary N) is 1. The lowest BCUT2D eigenvalue weighted by Crippen LogP contribution is -2.13. The molecule has 2 N–H and O–H groups in total. The predicted molar refractivity (Wildman–Crippen MR) is 72.9 cm³/mol. The summed E-state index contributed by atoms with van der Waals surface area (Å²) in [5, 5.41) is 0. The molecule has 0 fully saturated rings. The van der Waals surface area contributed by atoms with E-state index in [1.165, 1.54) is 13.2 Å². The summed E-state index contributed by atoms with van der Waals surface area (Å²) in [5.74, 6) is -1.04. The van der Waals surface area contributed by atoms with Gasteiger partial charge in [-0.3, -0.25) is 0 Å². The third kappa shape index (κ3) is 2.91. The number of aromatic nitrogens is 2. The second-order valence-corrected chi connectivity index (χ2v) is 4.59. The van der Waals surface area contributed by atoms with Crippen molar-refractivity contribution in [3.63, 3.8) is 0 Å². The fourth-order valence-corrected chi connectivity index (χ4v) is 1.99. The molecule has 0 aliphatic heterocycles. The average molecular weight is 297 g/mol. The number of halogens is 3. The molecule has 2 aromatic rings. The van der Waals surface area contributed by atoms with Crippen molar-refractivity contribution in [1.82, 2.24) is 9.97 Å². The van der Waals surface area contributed by atoms with E-state index in [1.807, 2.05) is 13.8 Å². The van der Waals surface area contributed by atoms with Gasteiger partial charge in [0.25, 0.3) is 0 Å². The summed E-state index contributed by atoms with van der Waals surface area (Å²) in [6, 6.07) is 4.74. The Morgan fingerprint density at radius 2 is 1.81 bits per heavy atom. The zero-order chi connectivity index (χ0) is 15.8. The van der Waals surface area contributed by atoms with Gasteiger partial charge in [-0.2, -0.15) is 13.2 Å². The number of anilines is 1. The zero-order valence-corrected chi connectivity index (χ0v) is 11.7. The molecule has 0 radical (unpaired) electrons. The Hall–Kier alpha value is -2.31. The summed E-state index contributed by atoms with van der Waals surface area (Å²) in [7, 11) is 1.46. The first kappa shape index (κ1) is 15.1. The summed E-state index contributed by atoms with van der Waals surface area (Å²) in [6.45, 7) is 3.71. The van der Waals surface area contributed by atoms with E-state index in [2.05, 4.69) is 9.97 Å². The first-order chi connectivity index (χ1) is 9.74. The highest BCUT2D eigenvalue weighted by molar-refractivity contribution is 5.71. The van der Waals surface area contributed by atoms with Crippen molar-refractivity contribution in [3.05, 3.63) is 35.2 Å². The molecule has 21 heavy (non-hydrogen) atoms. The molecular weight excluding hydrogens is 283 g/mol. The highest BCUT2D eigenvalue weighted by Gasteiger charge is 2.35. The second-order valence-electron chi connectivity index (χ2n) is 4.59. The first-order valence-electron chi connectivity index (χ1n) is 6.10. The van der Waals surface area contributed by atoms with Gasteiger partial charge in [-0.1, -0.05) is 6.07 Å². The van der Waals surface area contributed by atoms with E-state index in [4.69, 9.17) is 10.5 Å². The summed E-state index contributed by atoms with van der Waals surface area (Å²) < 4.78 is 43.6. The van der Waals surface area contributed by atoms with Crippen molar-refractivity contribution in [2.45, 2.75) is 20.0 Å². The number of aryl methyl sites for hydroxylation is 1. The molecule has 1 heterocycles. The van der Waals surface area contributed by atoms with Crippen LogP contribution in [0.5, 0.6) is 5.75 Å². The number of nitrogen functional groups attached to an aromatic ring is 1. The molecule has 7 heteroatoms. The maximum Gasteiger partial charge on any atom is 0.451 e. The highest BCUT2D eigenvalue weighted by Crippen LogP contribution is 2.35. The molecule has 1 aromatic carbocycles. The van der Waals surface area contributed by atoms with E-state index in [9.17, 15) is 13.2 Å². The van der Waals surface area contributed by atoms with Crippen molar-refractivity contribution in [2.24, 2.45) is 0 Å². The number of rotatable bonds is 2. The summed E-state index contributed by atoms with van der Waals surface area (Å²) >= 11 is 0. The van der Waals surface area contributed by atoms with Crippen molar-refractivity contribution in [1.29, 1.82) is 0 Å². The van der Waals surface area contributed by atoms with Gasteiger partial charge in [0.05, 0.1) is 12.8 Å². The van der Waals surface area contributed by atoms with E-state index in [0.717, 1.165) is 11.1 Å². The zero-order valence-electron chi connectivity index (χ0n) is 11.7. The van der Waals surface area contributed by atoms with Crippen LogP contribution in [0.2, 0.25) is 0 Å². The van der Waals surface area contributed by atoms with E-state index in [0.29, 0.717) is 11.3 Å². The van der Waals surface area contributed by atoms with Gasteiger partial charge >= 0.3 is 6.18 Å². The van der Waals surface area contributed by atoms with Crippen LogP contribution in [0.3, 0.4) is 0 Å². The molecule has 0 saturated heterocycles. The van der Waals surface area contributed by atoms with Crippen molar-refractivity contribution < 1.29 is 17.9 Å². The third-order valence-electron chi connectivity index (χ3n) is 3.16. The molecule has 0 aliphatic carbocycles. The van der Waals surface area contributed by atoms with Gasteiger partial charge in [0.15, 0.2) is 0 Å². The minimum absolute atomic E-state index is 0.0785. The molecule has 0 saturated carbocycles. The highest BCUT2D eigenvalue weighted by atomic mass is 19.4. The molecule has 4 nitrogen and oxygen atoms in total. The fraction of sp³-hybridized carbons (Fsp3) is 0.286. The van der Waals surface area contributed by atoms with Crippen LogP contribution in [0.1, 0.15) is 17.0 Å². The van der Waals surface area contributed by atoms with Crippen LogP contribution >= 0.6 is 0 Å². The number of methoxy groups -OCH3 is 1. The van der Waals surface area contributed by atoms with Gasteiger partial charge in [0.1, 0.15) is 11.6 Å². The Morgan fingerprint density at radius 3 is 2.38 bits per heavy atom. The van der Waals surface area contributed by atoms with Gasteiger partial charge in [0.2, 0.25) is 5.82 Å². The second kappa shape index (κ2) is 5.23. The molecule has 0 atom stereocenters. The van der Waals surface area contributed by atoms with Crippen LogP contribution in [0, 0.1) is 13.8 Å². The topological polar surface area (TPSA) is 61.0 Å². The molecule has 0 amide bonds. The summed E-state index contributed by atoms with van der Waals surface area (Å²) in [5.41, 5.74) is 7.78. The van der Waals surface area contributed by atoms with E-state index < -0.39 is 12.0 Å². The van der Waals surface area contributed by atoms with Gasteiger partial charge in [-0.25, -0.2) is 9.97 Å². The number of nitrogens with zero attached hydrogens (tertiary/aromatic N) is 2. The van der Waals surface area contributed by atoms with E-state index in [-0.39, 0.29) is 11.5 Å². The van der Waals surface area contributed by atoms with Gasteiger partial charge in [-0.05, 0) is 31.0 Å². The number of alkyl halides is 3. The number of hydrogen-bond donors (Lipinski definition) is 1. The quantitative estimate of drug-likeness (QED) is 0.923. The predicted octanol–water partition coefficient (Wildman–Crippen LogP) is 3.37. The van der Waals surface area contributed by atoms with E-state index in [1.54, 1.807) is 12.1 Å². The Balaban J connectivity index is 2.68. The first-order valence-corrected chi connectivity index (χ1v) is 6.10. The minimum atomic E-state index is -4.66. The Bertz CT molecular complexity index is 684. The molecule has 0 aliphatic rings. The Labute approximate surface area is 119 Å². The SMILES string of the molecule is COc1c(-c2cc(N)nc(C(F)(F)F)n2)ccc(C)c1C. The smallest absolute Gasteiger partial charge is 0.451 e. The van der Waals surface area contributed by atoms with Crippen LogP contribution in [0.4, 0.5) is 19.0 Å². The molecule has 0 bridgehead atoms. The summed E-state index contributed by atoms with van der Waals surface area (Å²) in [4.78, 5) is 6.79. The van der Waals surface area contributed by atoms with Gasteiger partial charge in [0, 0.05) is 11.6 Å². The third-order valence-corrected chi connectivity index (χ3v) is 3.16. The lowest BCUT2D eigenvalue weighted by molar-refractivity contribution is -0.144. The largest absolute Gasteiger partial charge is 0.496 e. The number of benzene rings is 1. The molecule has 0 unspecified atom stereocenters. The van der Waals surface area contributed by atoms with Gasteiger partial charge in [-0.15, -0.1) is 0 Å². The van der Waals surface area contributed by atoms with E-state index >= 15 is 0 Å². The van der Waals surface area contributed by atoms with Crippen molar-refractivity contribution in [2.75, 3.05) is 12.8 Å². The monoisotopic (exact) mass is 297 g/mol. The molecule has 1 aromatic heterocycles. The van der Waals surface area contributed by atoms with Crippen molar-refractivity contribution >= 4 is 5.82 Å².